The molecule has 142 valence electrons. The summed E-state index contributed by atoms with van der Waals surface area (Å²) < 4.78 is 0. The maximum Gasteiger partial charge on any atom is 0.255 e. The van der Waals surface area contributed by atoms with Gasteiger partial charge < -0.3 is 15.3 Å². The van der Waals surface area contributed by atoms with Gasteiger partial charge in [-0.2, -0.15) is 0 Å². The van der Waals surface area contributed by atoms with Crippen LogP contribution in [0.4, 0.5) is 0 Å². The van der Waals surface area contributed by atoms with Gasteiger partial charge in [0.2, 0.25) is 5.91 Å². The fourth-order valence-corrected chi connectivity index (χ4v) is 3.41. The third kappa shape index (κ3) is 4.19. The van der Waals surface area contributed by atoms with E-state index in [0.717, 1.165) is 11.1 Å². The molecule has 0 saturated carbocycles. The minimum absolute atomic E-state index is 0.0998. The molecule has 5 nitrogen and oxygen atoms in total. The Morgan fingerprint density at radius 3 is 2.41 bits per heavy atom. The van der Waals surface area contributed by atoms with Gasteiger partial charge in [-0.15, -0.1) is 0 Å². The molecule has 2 aromatic carbocycles. The van der Waals surface area contributed by atoms with E-state index in [4.69, 9.17) is 0 Å². The second kappa shape index (κ2) is 8.35. The Morgan fingerprint density at radius 1 is 1.11 bits per heavy atom. The van der Waals surface area contributed by atoms with Crippen LogP contribution in [0.25, 0.3) is 0 Å². The number of benzene rings is 2. The van der Waals surface area contributed by atoms with Crippen molar-refractivity contribution >= 4 is 11.8 Å². The predicted octanol–water partition coefficient (Wildman–Crippen LogP) is 2.39. The van der Waals surface area contributed by atoms with Crippen LogP contribution in [0.2, 0.25) is 0 Å². The van der Waals surface area contributed by atoms with Gasteiger partial charge in [0, 0.05) is 18.5 Å². The van der Waals surface area contributed by atoms with Crippen LogP contribution in [0.15, 0.2) is 54.6 Å². The Balaban J connectivity index is 1.86. The number of carbonyl (C=O) groups is 2. The zero-order chi connectivity index (χ0) is 19.4. The number of nitrogens with zero attached hydrogens (tertiary/aromatic N) is 1. The highest BCUT2D eigenvalue weighted by atomic mass is 16.3. The number of hydrogen-bond donors (Lipinski definition) is 2. The number of aliphatic hydroxyl groups is 1. The summed E-state index contributed by atoms with van der Waals surface area (Å²) in [5.74, 6) is -0.248. The zero-order valence-electron chi connectivity index (χ0n) is 15.8. The Kier molecular flexibility index (Phi) is 5.91. The smallest absolute Gasteiger partial charge is 0.255 e. The maximum absolute atomic E-state index is 13.1. The molecule has 2 amide bonds. The molecule has 0 radical (unpaired) electrons. The average molecular weight is 366 g/mol. The normalized spacial score (nSPS) is 15.6. The lowest BCUT2D eigenvalue weighted by Gasteiger charge is -2.30. The second-order valence-corrected chi connectivity index (χ2v) is 7.34. The van der Waals surface area contributed by atoms with Crippen LogP contribution in [0.5, 0.6) is 0 Å². The van der Waals surface area contributed by atoms with Gasteiger partial charge in [0.05, 0.1) is 12.6 Å². The van der Waals surface area contributed by atoms with E-state index in [-0.39, 0.29) is 30.4 Å². The van der Waals surface area contributed by atoms with Crippen molar-refractivity contribution in [3.05, 3.63) is 71.3 Å². The average Bonchev–Trinajstić information content (AvgIpc) is 3.01. The van der Waals surface area contributed by atoms with E-state index in [1.807, 2.05) is 62.4 Å². The van der Waals surface area contributed by atoms with Crippen LogP contribution >= 0.6 is 0 Å². The second-order valence-electron chi connectivity index (χ2n) is 7.34. The van der Waals surface area contributed by atoms with E-state index in [2.05, 4.69) is 5.32 Å². The molecule has 0 aliphatic carbocycles. The first-order chi connectivity index (χ1) is 13.0. The minimum Gasteiger partial charge on any atom is -0.394 e. The first-order valence-electron chi connectivity index (χ1n) is 9.35. The van der Waals surface area contributed by atoms with Crippen LogP contribution in [-0.4, -0.2) is 40.5 Å². The summed E-state index contributed by atoms with van der Waals surface area (Å²) in [6, 6.07) is 16.2. The summed E-state index contributed by atoms with van der Waals surface area (Å²) in [4.78, 5) is 27.6. The molecular weight excluding hydrogens is 340 g/mol. The van der Waals surface area contributed by atoms with Crippen LogP contribution in [0.3, 0.4) is 0 Å². The van der Waals surface area contributed by atoms with Crippen molar-refractivity contribution in [1.29, 1.82) is 0 Å². The molecule has 1 aliphatic rings. The first kappa shape index (κ1) is 19.1. The van der Waals surface area contributed by atoms with Gasteiger partial charge in [-0.3, -0.25) is 9.59 Å². The van der Waals surface area contributed by atoms with E-state index in [0.29, 0.717) is 18.5 Å². The summed E-state index contributed by atoms with van der Waals surface area (Å²) >= 11 is 0. The van der Waals surface area contributed by atoms with Crippen LogP contribution in [0.1, 0.15) is 35.3 Å². The summed E-state index contributed by atoms with van der Waals surface area (Å²) in [6.07, 6.45) is 0.433. The van der Waals surface area contributed by atoms with E-state index in [1.54, 1.807) is 11.0 Å². The van der Waals surface area contributed by atoms with Crippen molar-refractivity contribution in [3.63, 3.8) is 0 Å². The molecule has 5 heteroatoms. The van der Waals surface area contributed by atoms with E-state index in [1.165, 1.54) is 0 Å². The monoisotopic (exact) mass is 366 g/mol. The number of amides is 2. The highest BCUT2D eigenvalue weighted by Crippen LogP contribution is 2.26. The molecule has 27 heavy (non-hydrogen) atoms. The zero-order valence-corrected chi connectivity index (χ0v) is 15.8. The molecule has 0 spiro atoms. The van der Waals surface area contributed by atoms with E-state index < -0.39 is 6.04 Å². The molecule has 2 atom stereocenters. The number of carbonyl (C=O) groups excluding carboxylic acids is 2. The lowest BCUT2D eigenvalue weighted by molar-refractivity contribution is -0.127. The standard InChI is InChI=1S/C22H26N2O3/c1-15(2)19(14-25)23-21(26)20(12-16-8-4-3-5-9-16)24-13-17-10-6-7-11-18(17)22(24)27/h3-11,15,19-20,25H,12-14H2,1-2H3,(H,23,26)/t19-,20-/m1/s1. The SMILES string of the molecule is CC(C)[C@@H](CO)NC(=O)[C@@H](Cc1ccccc1)N1Cc2ccccc2C1=O. The van der Waals surface area contributed by atoms with Gasteiger partial charge in [-0.05, 0) is 23.1 Å². The molecule has 0 bridgehead atoms. The van der Waals surface area contributed by atoms with E-state index in [9.17, 15) is 14.7 Å². The third-order valence-electron chi connectivity index (χ3n) is 5.13. The third-order valence-corrected chi connectivity index (χ3v) is 5.13. The van der Waals surface area contributed by atoms with Crippen LogP contribution in [0, 0.1) is 5.92 Å². The summed E-state index contributed by atoms with van der Waals surface area (Å²) in [7, 11) is 0. The maximum atomic E-state index is 13.1. The summed E-state index contributed by atoms with van der Waals surface area (Å²) in [5, 5.41) is 12.5. The molecule has 3 rings (SSSR count). The molecule has 0 unspecified atom stereocenters. The quantitative estimate of drug-likeness (QED) is 0.790. The highest BCUT2D eigenvalue weighted by molar-refractivity contribution is 6.01. The van der Waals surface area contributed by atoms with Crippen molar-refractivity contribution in [3.8, 4) is 0 Å². The van der Waals surface area contributed by atoms with Gasteiger partial charge in [0.25, 0.3) is 5.91 Å². The fourth-order valence-electron chi connectivity index (χ4n) is 3.41. The van der Waals surface area contributed by atoms with Crippen LogP contribution < -0.4 is 5.32 Å². The number of nitrogens with one attached hydrogen (secondary N) is 1. The summed E-state index contributed by atoms with van der Waals surface area (Å²) in [5.41, 5.74) is 2.59. The summed E-state index contributed by atoms with van der Waals surface area (Å²) in [6.45, 7) is 4.19. The lowest BCUT2D eigenvalue weighted by Crippen LogP contribution is -2.52. The van der Waals surface area contributed by atoms with Gasteiger partial charge in [-0.1, -0.05) is 62.4 Å². The molecule has 0 fully saturated rings. The largest absolute Gasteiger partial charge is 0.394 e. The first-order valence-corrected chi connectivity index (χ1v) is 9.35. The van der Waals surface area contributed by atoms with E-state index >= 15 is 0 Å². The predicted molar refractivity (Wildman–Crippen MR) is 104 cm³/mol. The van der Waals surface area contributed by atoms with Crippen molar-refractivity contribution in [1.82, 2.24) is 10.2 Å². The Labute approximate surface area is 160 Å². The van der Waals surface area contributed by atoms with Crippen molar-refractivity contribution in [2.24, 2.45) is 5.92 Å². The fraction of sp³-hybridized carbons (Fsp3) is 0.364. The van der Waals surface area contributed by atoms with Crippen LogP contribution in [-0.2, 0) is 17.8 Å². The van der Waals surface area contributed by atoms with Crippen molar-refractivity contribution < 1.29 is 14.7 Å². The number of aliphatic hydroxyl groups excluding tert-OH is 1. The van der Waals surface area contributed by atoms with Crippen molar-refractivity contribution in [2.45, 2.75) is 38.9 Å². The van der Waals surface area contributed by atoms with Gasteiger partial charge in [-0.25, -0.2) is 0 Å². The Bertz CT molecular complexity index is 804. The number of fused-ring (bicyclic) bond motifs is 1. The van der Waals surface area contributed by atoms with Crippen molar-refractivity contribution in [2.75, 3.05) is 6.61 Å². The molecule has 2 N–H and O–H groups in total. The van der Waals surface area contributed by atoms with Gasteiger partial charge >= 0.3 is 0 Å². The lowest BCUT2D eigenvalue weighted by atomic mass is 10.0. The topological polar surface area (TPSA) is 69.6 Å². The highest BCUT2D eigenvalue weighted by Gasteiger charge is 2.37. The molecular formula is C22H26N2O3. The molecule has 1 heterocycles. The molecule has 1 aliphatic heterocycles. The number of rotatable bonds is 7. The minimum atomic E-state index is -0.625. The Morgan fingerprint density at radius 2 is 1.78 bits per heavy atom. The van der Waals surface area contributed by atoms with Gasteiger partial charge in [0.15, 0.2) is 0 Å². The molecule has 0 saturated heterocycles. The Hall–Kier alpha value is -2.66. The van der Waals surface area contributed by atoms with Gasteiger partial charge in [0.1, 0.15) is 6.04 Å². The molecule has 0 aromatic heterocycles. The molecule has 2 aromatic rings. The number of hydrogen-bond acceptors (Lipinski definition) is 3.